The first kappa shape index (κ1) is 15.6. The minimum absolute atomic E-state index is 0.387. The van der Waals surface area contributed by atoms with E-state index in [-0.39, 0.29) is 0 Å². The zero-order valence-corrected chi connectivity index (χ0v) is 11.6. The topological polar surface area (TPSA) is 103 Å². The SMILES string of the molecule is COCc1cc(/C(C)=N\NC(=O)C(N)=O)ccc1OC. The van der Waals surface area contributed by atoms with Crippen LogP contribution in [0.15, 0.2) is 23.3 Å². The monoisotopic (exact) mass is 279 g/mol. The lowest BCUT2D eigenvalue weighted by Gasteiger charge is -2.10. The van der Waals surface area contributed by atoms with Crippen molar-refractivity contribution >= 4 is 17.5 Å². The third kappa shape index (κ3) is 4.06. The van der Waals surface area contributed by atoms with Gasteiger partial charge in [0.15, 0.2) is 0 Å². The molecular weight excluding hydrogens is 262 g/mol. The number of nitrogens with two attached hydrogens (primary N) is 1. The van der Waals surface area contributed by atoms with Gasteiger partial charge in [0, 0.05) is 12.7 Å². The summed E-state index contributed by atoms with van der Waals surface area (Å²) in [4.78, 5) is 21.6. The molecule has 0 aliphatic heterocycles. The number of carbonyl (C=O) groups excluding carboxylic acids is 2. The molecule has 7 heteroatoms. The molecule has 0 aliphatic rings. The Morgan fingerprint density at radius 2 is 2.05 bits per heavy atom. The van der Waals surface area contributed by atoms with Crippen molar-refractivity contribution in [1.82, 2.24) is 5.43 Å². The fraction of sp³-hybridized carbons (Fsp3) is 0.308. The van der Waals surface area contributed by atoms with Crippen molar-refractivity contribution in [3.05, 3.63) is 29.3 Å². The zero-order valence-electron chi connectivity index (χ0n) is 11.6. The van der Waals surface area contributed by atoms with E-state index in [1.165, 1.54) is 0 Å². The Kier molecular flexibility index (Phi) is 5.67. The molecule has 7 nitrogen and oxygen atoms in total. The van der Waals surface area contributed by atoms with E-state index in [4.69, 9.17) is 15.2 Å². The number of primary amides is 1. The first-order valence-corrected chi connectivity index (χ1v) is 5.80. The lowest BCUT2D eigenvalue weighted by Crippen LogP contribution is -2.33. The molecule has 1 aromatic rings. The molecule has 1 rings (SSSR count). The molecule has 0 saturated carbocycles. The Hall–Kier alpha value is -2.41. The van der Waals surface area contributed by atoms with Gasteiger partial charge in [-0.2, -0.15) is 5.10 Å². The number of hydrazone groups is 1. The molecule has 0 heterocycles. The van der Waals surface area contributed by atoms with Gasteiger partial charge in [-0.25, -0.2) is 5.43 Å². The van der Waals surface area contributed by atoms with Crippen LogP contribution in [0, 0.1) is 0 Å². The highest BCUT2D eigenvalue weighted by Crippen LogP contribution is 2.21. The molecule has 3 N–H and O–H groups in total. The van der Waals surface area contributed by atoms with Gasteiger partial charge in [-0.15, -0.1) is 0 Å². The van der Waals surface area contributed by atoms with Crippen molar-refractivity contribution < 1.29 is 19.1 Å². The Labute approximate surface area is 116 Å². The van der Waals surface area contributed by atoms with E-state index in [2.05, 4.69) is 10.5 Å². The minimum atomic E-state index is -1.09. The molecule has 0 unspecified atom stereocenters. The molecule has 0 spiro atoms. The van der Waals surface area contributed by atoms with Crippen LogP contribution in [0.5, 0.6) is 5.75 Å². The Morgan fingerprint density at radius 3 is 2.60 bits per heavy atom. The van der Waals surface area contributed by atoms with Crippen molar-refractivity contribution in [3.63, 3.8) is 0 Å². The molecule has 0 aliphatic carbocycles. The fourth-order valence-corrected chi connectivity index (χ4v) is 1.53. The lowest BCUT2D eigenvalue weighted by molar-refractivity contribution is -0.137. The highest BCUT2D eigenvalue weighted by atomic mass is 16.5. The van der Waals surface area contributed by atoms with Crippen molar-refractivity contribution in [1.29, 1.82) is 0 Å². The molecule has 0 saturated heterocycles. The van der Waals surface area contributed by atoms with E-state index < -0.39 is 11.8 Å². The number of hydrogen-bond donors (Lipinski definition) is 2. The van der Waals surface area contributed by atoms with E-state index in [1.807, 2.05) is 6.07 Å². The second-order valence-electron chi connectivity index (χ2n) is 3.96. The van der Waals surface area contributed by atoms with Crippen LogP contribution in [0.25, 0.3) is 0 Å². The van der Waals surface area contributed by atoms with Crippen LogP contribution in [0.1, 0.15) is 18.1 Å². The molecule has 20 heavy (non-hydrogen) atoms. The number of methoxy groups -OCH3 is 2. The largest absolute Gasteiger partial charge is 0.496 e. The van der Waals surface area contributed by atoms with Crippen molar-refractivity contribution in [3.8, 4) is 5.75 Å². The van der Waals surface area contributed by atoms with Crippen molar-refractivity contribution in [2.45, 2.75) is 13.5 Å². The van der Waals surface area contributed by atoms with Gasteiger partial charge < -0.3 is 15.2 Å². The standard InChI is InChI=1S/C13H17N3O4/c1-8(15-16-13(18)12(14)17)9-4-5-11(20-3)10(6-9)7-19-2/h4-6H,7H2,1-3H3,(H2,14,17)(H,16,18)/b15-8-. The molecular formula is C13H17N3O4. The molecule has 0 fully saturated rings. The zero-order chi connectivity index (χ0) is 15.1. The number of hydrogen-bond acceptors (Lipinski definition) is 5. The normalized spacial score (nSPS) is 11.1. The molecule has 108 valence electrons. The maximum absolute atomic E-state index is 11.0. The van der Waals surface area contributed by atoms with Crippen LogP contribution in [0.2, 0.25) is 0 Å². The summed E-state index contributed by atoms with van der Waals surface area (Å²) in [6, 6.07) is 5.39. The summed E-state index contributed by atoms with van der Waals surface area (Å²) in [5, 5.41) is 3.81. The minimum Gasteiger partial charge on any atom is -0.496 e. The average molecular weight is 279 g/mol. The van der Waals surface area contributed by atoms with E-state index >= 15 is 0 Å². The van der Waals surface area contributed by atoms with Gasteiger partial charge in [-0.05, 0) is 30.7 Å². The van der Waals surface area contributed by atoms with Crippen LogP contribution in [0.3, 0.4) is 0 Å². The predicted octanol–water partition coefficient (Wildman–Crippen LogP) is 0.167. The second-order valence-corrected chi connectivity index (χ2v) is 3.96. The molecule has 0 bridgehead atoms. The molecule has 2 amide bonds. The van der Waals surface area contributed by atoms with Gasteiger partial charge in [0.05, 0.1) is 19.4 Å². The highest BCUT2D eigenvalue weighted by Gasteiger charge is 2.09. The lowest BCUT2D eigenvalue weighted by atomic mass is 10.1. The van der Waals surface area contributed by atoms with Gasteiger partial charge in [0.2, 0.25) is 0 Å². The number of benzene rings is 1. The van der Waals surface area contributed by atoms with Crippen molar-refractivity contribution in [2.75, 3.05) is 14.2 Å². The van der Waals surface area contributed by atoms with Crippen LogP contribution in [-0.4, -0.2) is 31.7 Å². The van der Waals surface area contributed by atoms with E-state index in [1.54, 1.807) is 33.3 Å². The molecule has 0 radical (unpaired) electrons. The summed E-state index contributed by atoms with van der Waals surface area (Å²) in [5.74, 6) is -1.35. The average Bonchev–Trinajstić information content (AvgIpc) is 2.44. The first-order valence-electron chi connectivity index (χ1n) is 5.80. The fourth-order valence-electron chi connectivity index (χ4n) is 1.53. The number of ether oxygens (including phenoxy) is 2. The molecule has 0 atom stereocenters. The summed E-state index contributed by atoms with van der Waals surface area (Å²) in [5.41, 5.74) is 9.03. The Balaban J connectivity index is 2.95. The highest BCUT2D eigenvalue weighted by molar-refractivity contribution is 6.34. The van der Waals surface area contributed by atoms with E-state index in [0.717, 1.165) is 11.1 Å². The number of nitrogens with one attached hydrogen (secondary N) is 1. The summed E-state index contributed by atoms with van der Waals surface area (Å²) in [6.07, 6.45) is 0. The second kappa shape index (κ2) is 7.25. The van der Waals surface area contributed by atoms with Gasteiger partial charge in [0.25, 0.3) is 0 Å². The van der Waals surface area contributed by atoms with E-state index in [9.17, 15) is 9.59 Å². The van der Waals surface area contributed by atoms with E-state index in [0.29, 0.717) is 18.1 Å². The quantitative estimate of drug-likeness (QED) is 0.455. The summed E-state index contributed by atoms with van der Waals surface area (Å²) in [6.45, 7) is 2.08. The van der Waals surface area contributed by atoms with Gasteiger partial charge in [-0.3, -0.25) is 9.59 Å². The third-order valence-electron chi connectivity index (χ3n) is 2.55. The van der Waals surface area contributed by atoms with Crippen LogP contribution in [0.4, 0.5) is 0 Å². The van der Waals surface area contributed by atoms with Gasteiger partial charge in [-0.1, -0.05) is 0 Å². The Bertz CT molecular complexity index is 540. The first-order chi connectivity index (χ1) is 9.49. The Morgan fingerprint density at radius 1 is 1.35 bits per heavy atom. The predicted molar refractivity (Wildman–Crippen MR) is 73.3 cm³/mol. The van der Waals surface area contributed by atoms with Crippen LogP contribution < -0.4 is 15.9 Å². The summed E-state index contributed by atoms with van der Waals surface area (Å²) in [7, 11) is 3.16. The number of carbonyl (C=O) groups is 2. The maximum Gasteiger partial charge on any atom is 0.329 e. The molecule has 0 aromatic heterocycles. The molecule has 1 aromatic carbocycles. The van der Waals surface area contributed by atoms with Crippen molar-refractivity contribution in [2.24, 2.45) is 10.8 Å². The van der Waals surface area contributed by atoms with Gasteiger partial charge >= 0.3 is 11.8 Å². The van der Waals surface area contributed by atoms with Crippen LogP contribution >= 0.6 is 0 Å². The smallest absolute Gasteiger partial charge is 0.329 e. The maximum atomic E-state index is 11.0. The number of nitrogens with zero attached hydrogens (tertiary/aromatic N) is 1. The van der Waals surface area contributed by atoms with Crippen LogP contribution in [-0.2, 0) is 20.9 Å². The summed E-state index contributed by atoms with van der Waals surface area (Å²) >= 11 is 0. The van der Waals surface area contributed by atoms with Gasteiger partial charge in [0.1, 0.15) is 5.75 Å². The third-order valence-corrected chi connectivity index (χ3v) is 2.55. The number of amides is 2. The summed E-state index contributed by atoms with van der Waals surface area (Å²) < 4.78 is 10.3. The number of rotatable bonds is 5.